The van der Waals surface area contributed by atoms with Crippen LogP contribution < -0.4 is 0 Å². The van der Waals surface area contributed by atoms with Crippen molar-refractivity contribution >= 4 is 0 Å². The molecule has 0 spiro atoms. The SMILES string of the molecule is [W+2].[c-]1ccccn1. The summed E-state index contributed by atoms with van der Waals surface area (Å²) in [6.07, 6.45) is 4.34. The third-order valence-electron chi connectivity index (χ3n) is 0.517. The first-order chi connectivity index (χ1) is 3.00. The maximum Gasteiger partial charge on any atom is 2.00 e. The van der Waals surface area contributed by atoms with E-state index in [9.17, 15) is 0 Å². The molecule has 1 nitrogen and oxygen atoms in total. The zero-order valence-corrected chi connectivity index (χ0v) is 6.60. The zero-order chi connectivity index (χ0) is 4.24. The molecule has 0 fully saturated rings. The quantitative estimate of drug-likeness (QED) is 0.632. The third-order valence-corrected chi connectivity index (χ3v) is 0.517. The minimum absolute atomic E-state index is 0. The van der Waals surface area contributed by atoms with Gasteiger partial charge >= 0.3 is 21.1 Å². The van der Waals surface area contributed by atoms with Crippen molar-refractivity contribution in [3.63, 3.8) is 0 Å². The van der Waals surface area contributed by atoms with Crippen LogP contribution in [0.25, 0.3) is 0 Å². The molecule has 0 aliphatic carbocycles. The molecule has 0 aromatic carbocycles. The fourth-order valence-corrected chi connectivity index (χ4v) is 0.277. The largest absolute Gasteiger partial charge is 2.00 e. The van der Waals surface area contributed by atoms with Gasteiger partial charge in [0.2, 0.25) is 0 Å². The molecular weight excluding hydrogens is 258 g/mol. The molecule has 0 atom stereocenters. The van der Waals surface area contributed by atoms with Gasteiger partial charge in [0.1, 0.15) is 0 Å². The van der Waals surface area contributed by atoms with E-state index in [-0.39, 0.29) is 21.1 Å². The molecule has 1 rings (SSSR count). The number of pyridine rings is 1. The number of hydrogen-bond donors (Lipinski definition) is 0. The van der Waals surface area contributed by atoms with Gasteiger partial charge in [-0.05, 0) is 0 Å². The van der Waals surface area contributed by atoms with Crippen LogP contribution in [-0.2, 0) is 21.1 Å². The van der Waals surface area contributed by atoms with Crippen LogP contribution in [0.1, 0.15) is 0 Å². The van der Waals surface area contributed by atoms with Crippen LogP contribution in [0.5, 0.6) is 0 Å². The predicted molar refractivity (Wildman–Crippen MR) is 23.1 cm³/mol. The van der Waals surface area contributed by atoms with Crippen LogP contribution in [0.3, 0.4) is 0 Å². The molecule has 0 unspecified atom stereocenters. The molecule has 2 heteroatoms. The van der Waals surface area contributed by atoms with E-state index < -0.39 is 0 Å². The Balaban J connectivity index is 0.000000360. The summed E-state index contributed by atoms with van der Waals surface area (Å²) in [4.78, 5) is 3.66. The summed E-state index contributed by atoms with van der Waals surface area (Å²) in [6, 6.07) is 5.50. The first kappa shape index (κ1) is 6.84. The van der Waals surface area contributed by atoms with E-state index in [1.807, 2.05) is 12.1 Å². The van der Waals surface area contributed by atoms with Crippen LogP contribution >= 0.6 is 0 Å². The van der Waals surface area contributed by atoms with Crippen molar-refractivity contribution in [1.82, 2.24) is 4.98 Å². The molecular formula is C5H4NW+. The number of aromatic nitrogens is 1. The van der Waals surface area contributed by atoms with Crippen molar-refractivity contribution in [3.05, 3.63) is 30.6 Å². The van der Waals surface area contributed by atoms with E-state index >= 15 is 0 Å². The van der Waals surface area contributed by atoms with Gasteiger partial charge in [0.25, 0.3) is 0 Å². The molecule has 0 bridgehead atoms. The summed E-state index contributed by atoms with van der Waals surface area (Å²) in [6.45, 7) is 0. The molecule has 1 aromatic heterocycles. The van der Waals surface area contributed by atoms with Gasteiger partial charge in [0.15, 0.2) is 0 Å². The standard InChI is InChI=1S/C5H4N.W/c1-2-4-6-5-3-1;/h1-4H;/q-1;+2. The molecule has 0 aliphatic heterocycles. The molecule has 0 saturated carbocycles. The van der Waals surface area contributed by atoms with E-state index in [2.05, 4.69) is 11.2 Å². The summed E-state index contributed by atoms with van der Waals surface area (Å²) in [5.41, 5.74) is 0. The van der Waals surface area contributed by atoms with Gasteiger partial charge < -0.3 is 4.98 Å². The van der Waals surface area contributed by atoms with Gasteiger partial charge in [-0.2, -0.15) is 18.2 Å². The van der Waals surface area contributed by atoms with E-state index in [0.29, 0.717) is 0 Å². The molecule has 7 heavy (non-hydrogen) atoms. The Morgan fingerprint density at radius 2 is 2.14 bits per heavy atom. The number of hydrogen-bond acceptors (Lipinski definition) is 1. The fraction of sp³-hybridized carbons (Fsp3) is 0. The van der Waals surface area contributed by atoms with Crippen molar-refractivity contribution in [1.29, 1.82) is 0 Å². The molecule has 0 radical (unpaired) electrons. The summed E-state index contributed by atoms with van der Waals surface area (Å²) < 4.78 is 0. The first-order valence-electron chi connectivity index (χ1n) is 1.77. The minimum atomic E-state index is 0. The second-order valence-electron chi connectivity index (χ2n) is 0.959. The van der Waals surface area contributed by atoms with Crippen LogP contribution in [0.2, 0.25) is 0 Å². The average molecular weight is 262 g/mol. The van der Waals surface area contributed by atoms with E-state index in [1.165, 1.54) is 0 Å². The topological polar surface area (TPSA) is 12.9 Å². The van der Waals surface area contributed by atoms with Crippen LogP contribution in [0, 0.1) is 6.20 Å². The van der Waals surface area contributed by atoms with Crippen LogP contribution in [0.15, 0.2) is 24.4 Å². The maximum absolute atomic E-state index is 3.66. The molecule has 0 saturated heterocycles. The van der Waals surface area contributed by atoms with Gasteiger partial charge in [-0.25, -0.2) is 0 Å². The van der Waals surface area contributed by atoms with E-state index in [1.54, 1.807) is 12.3 Å². The Labute approximate surface area is 57.0 Å². The molecule has 34 valence electrons. The maximum atomic E-state index is 3.66. The first-order valence-corrected chi connectivity index (χ1v) is 1.77. The van der Waals surface area contributed by atoms with Crippen LogP contribution in [0.4, 0.5) is 0 Å². The van der Waals surface area contributed by atoms with Crippen molar-refractivity contribution in [2.75, 3.05) is 0 Å². The Bertz CT molecular complexity index is 80.0. The third kappa shape index (κ3) is 2.52. The molecule has 0 N–H and O–H groups in total. The predicted octanol–water partition coefficient (Wildman–Crippen LogP) is 0.879. The van der Waals surface area contributed by atoms with Gasteiger partial charge in [0, 0.05) is 0 Å². The number of rotatable bonds is 0. The van der Waals surface area contributed by atoms with Crippen molar-refractivity contribution in [2.45, 2.75) is 0 Å². The fourth-order valence-electron chi connectivity index (χ4n) is 0.277. The Morgan fingerprint density at radius 1 is 1.29 bits per heavy atom. The van der Waals surface area contributed by atoms with Gasteiger partial charge in [-0.3, -0.25) is 0 Å². The van der Waals surface area contributed by atoms with Gasteiger partial charge in [-0.15, -0.1) is 0 Å². The van der Waals surface area contributed by atoms with Crippen molar-refractivity contribution in [2.24, 2.45) is 0 Å². The van der Waals surface area contributed by atoms with Gasteiger partial charge in [-0.1, -0.05) is 12.4 Å². The monoisotopic (exact) mass is 262 g/mol. The second-order valence-corrected chi connectivity index (χ2v) is 0.959. The minimum Gasteiger partial charge on any atom is -0.394 e. The normalized spacial score (nSPS) is 6.86. The Morgan fingerprint density at radius 3 is 2.29 bits per heavy atom. The summed E-state index contributed by atoms with van der Waals surface area (Å²) in [5.74, 6) is 0. The van der Waals surface area contributed by atoms with Crippen molar-refractivity contribution in [3.8, 4) is 0 Å². The van der Waals surface area contributed by atoms with Crippen LogP contribution in [-0.4, -0.2) is 4.98 Å². The Kier molecular flexibility index (Phi) is 3.92. The molecule has 1 heterocycles. The number of nitrogens with zero attached hydrogens (tertiary/aromatic N) is 1. The summed E-state index contributed by atoms with van der Waals surface area (Å²) >= 11 is 0. The second kappa shape index (κ2) is 4.01. The summed E-state index contributed by atoms with van der Waals surface area (Å²) in [5, 5.41) is 0. The summed E-state index contributed by atoms with van der Waals surface area (Å²) in [7, 11) is 0. The molecule has 0 amide bonds. The van der Waals surface area contributed by atoms with Gasteiger partial charge in [0.05, 0.1) is 0 Å². The Hall–Kier alpha value is -0.162. The molecule has 1 aromatic rings. The molecule has 0 aliphatic rings. The smallest absolute Gasteiger partial charge is 0.394 e. The van der Waals surface area contributed by atoms with Crippen molar-refractivity contribution < 1.29 is 21.1 Å². The zero-order valence-electron chi connectivity index (χ0n) is 3.66. The average Bonchev–Trinajstić information content (AvgIpc) is 1.72. The van der Waals surface area contributed by atoms with E-state index in [0.717, 1.165) is 0 Å². The van der Waals surface area contributed by atoms with E-state index in [4.69, 9.17) is 0 Å².